The van der Waals surface area contributed by atoms with Crippen molar-refractivity contribution in [2.75, 3.05) is 19.7 Å². The second-order valence-corrected chi connectivity index (χ2v) is 5.85. The lowest BCUT2D eigenvalue weighted by Crippen LogP contribution is -2.46. The van der Waals surface area contributed by atoms with E-state index >= 15 is 0 Å². The summed E-state index contributed by atoms with van der Waals surface area (Å²) < 4.78 is 7.15. The lowest BCUT2D eigenvalue weighted by molar-refractivity contribution is -0.141. The number of carbonyl (C=O) groups is 2. The third kappa shape index (κ3) is 3.62. The standard InChI is InChI=1S/C17H19N3O4/c1-12-9-18-20(10-12)14-4-2-13(3-5-14)17(23)19-6-7-24-15(11-19)8-16(21)22/h2-5,9-10,15H,6-8,11H2,1H3,(H,21,22)/t15-/m1/s1. The lowest BCUT2D eigenvalue weighted by atomic mass is 10.1. The highest BCUT2D eigenvalue weighted by molar-refractivity contribution is 5.94. The van der Waals surface area contributed by atoms with Crippen molar-refractivity contribution >= 4 is 11.9 Å². The number of benzene rings is 1. The van der Waals surface area contributed by atoms with Gasteiger partial charge in [0.1, 0.15) is 0 Å². The molecule has 1 aliphatic heterocycles. The molecule has 0 radical (unpaired) electrons. The van der Waals surface area contributed by atoms with E-state index in [-0.39, 0.29) is 12.3 Å². The lowest BCUT2D eigenvalue weighted by Gasteiger charge is -2.32. The summed E-state index contributed by atoms with van der Waals surface area (Å²) in [6, 6.07) is 7.20. The van der Waals surface area contributed by atoms with Gasteiger partial charge >= 0.3 is 5.97 Å². The number of hydrogen-bond acceptors (Lipinski definition) is 4. The summed E-state index contributed by atoms with van der Waals surface area (Å²) in [5, 5.41) is 13.1. The van der Waals surface area contributed by atoms with Crippen LogP contribution in [0.1, 0.15) is 22.3 Å². The first-order valence-electron chi connectivity index (χ1n) is 7.77. The van der Waals surface area contributed by atoms with Crippen LogP contribution in [0, 0.1) is 6.92 Å². The zero-order valence-corrected chi connectivity index (χ0v) is 13.4. The molecule has 1 N–H and O–H groups in total. The van der Waals surface area contributed by atoms with Crippen molar-refractivity contribution in [3.05, 3.63) is 47.8 Å². The van der Waals surface area contributed by atoms with E-state index in [9.17, 15) is 9.59 Å². The molecule has 0 unspecified atom stereocenters. The molecule has 0 saturated carbocycles. The SMILES string of the molecule is Cc1cnn(-c2ccc(C(=O)N3CCO[C@H](CC(=O)O)C3)cc2)c1. The fraction of sp³-hybridized carbons (Fsp3) is 0.353. The van der Waals surface area contributed by atoms with Crippen molar-refractivity contribution in [3.8, 4) is 5.69 Å². The van der Waals surface area contributed by atoms with Crippen LogP contribution in [0.3, 0.4) is 0 Å². The number of aromatic nitrogens is 2. The molecule has 1 amide bonds. The van der Waals surface area contributed by atoms with Gasteiger partial charge in [-0.25, -0.2) is 4.68 Å². The van der Waals surface area contributed by atoms with Crippen molar-refractivity contribution in [1.29, 1.82) is 0 Å². The molecule has 7 heteroatoms. The smallest absolute Gasteiger partial charge is 0.306 e. The Labute approximate surface area is 139 Å². The van der Waals surface area contributed by atoms with Crippen LogP contribution in [0.25, 0.3) is 5.69 Å². The van der Waals surface area contributed by atoms with Gasteiger partial charge in [0.15, 0.2) is 0 Å². The highest BCUT2D eigenvalue weighted by atomic mass is 16.5. The van der Waals surface area contributed by atoms with E-state index in [1.165, 1.54) is 0 Å². The molecule has 1 saturated heterocycles. The molecule has 0 aliphatic carbocycles. The van der Waals surface area contributed by atoms with Crippen LogP contribution in [0.4, 0.5) is 0 Å². The quantitative estimate of drug-likeness (QED) is 0.919. The summed E-state index contributed by atoms with van der Waals surface area (Å²) in [4.78, 5) is 25.0. The van der Waals surface area contributed by atoms with Crippen LogP contribution >= 0.6 is 0 Å². The number of rotatable bonds is 4. The predicted octanol–water partition coefficient (Wildman–Crippen LogP) is 1.50. The topological polar surface area (TPSA) is 84.7 Å². The maximum Gasteiger partial charge on any atom is 0.306 e. The molecule has 1 aliphatic rings. The molecular weight excluding hydrogens is 310 g/mol. The zero-order chi connectivity index (χ0) is 17.1. The Morgan fingerprint density at radius 1 is 1.33 bits per heavy atom. The molecule has 1 aromatic heterocycles. The highest BCUT2D eigenvalue weighted by Crippen LogP contribution is 2.15. The first kappa shape index (κ1) is 16.2. The molecule has 0 bridgehead atoms. The Balaban J connectivity index is 1.69. The molecule has 2 heterocycles. The average molecular weight is 329 g/mol. The van der Waals surface area contributed by atoms with Crippen molar-refractivity contribution in [1.82, 2.24) is 14.7 Å². The predicted molar refractivity (Wildman–Crippen MR) is 86.2 cm³/mol. The Kier molecular flexibility index (Phi) is 4.61. The number of morpholine rings is 1. The second-order valence-electron chi connectivity index (χ2n) is 5.85. The van der Waals surface area contributed by atoms with Crippen LogP contribution in [0.2, 0.25) is 0 Å². The van der Waals surface area contributed by atoms with Crippen LogP contribution < -0.4 is 0 Å². The summed E-state index contributed by atoms with van der Waals surface area (Å²) in [6.07, 6.45) is 3.14. The molecule has 126 valence electrons. The monoisotopic (exact) mass is 329 g/mol. The van der Waals surface area contributed by atoms with E-state index < -0.39 is 12.1 Å². The summed E-state index contributed by atoms with van der Waals surface area (Å²) in [5.74, 6) is -1.04. The maximum absolute atomic E-state index is 12.6. The Morgan fingerprint density at radius 2 is 2.08 bits per heavy atom. The molecule has 7 nitrogen and oxygen atoms in total. The van der Waals surface area contributed by atoms with Gasteiger partial charge in [0.2, 0.25) is 0 Å². The minimum atomic E-state index is -0.923. The number of carboxylic acids is 1. The summed E-state index contributed by atoms with van der Waals surface area (Å²) in [5.41, 5.74) is 2.51. The number of ether oxygens (including phenoxy) is 1. The van der Waals surface area contributed by atoms with Gasteiger partial charge in [-0.05, 0) is 36.8 Å². The summed E-state index contributed by atoms with van der Waals surface area (Å²) in [7, 11) is 0. The third-order valence-corrected chi connectivity index (χ3v) is 3.92. The van der Waals surface area contributed by atoms with Crippen molar-refractivity contribution < 1.29 is 19.4 Å². The number of carbonyl (C=O) groups excluding carboxylic acids is 1. The van der Waals surface area contributed by atoms with Gasteiger partial charge in [-0.15, -0.1) is 0 Å². The summed E-state index contributed by atoms with van der Waals surface area (Å²) in [6.45, 7) is 3.09. The Bertz CT molecular complexity index is 739. The Morgan fingerprint density at radius 3 is 2.71 bits per heavy atom. The van der Waals surface area contributed by atoms with Gasteiger partial charge in [0.25, 0.3) is 5.91 Å². The van der Waals surface area contributed by atoms with E-state index in [2.05, 4.69) is 5.10 Å². The van der Waals surface area contributed by atoms with Crippen molar-refractivity contribution in [3.63, 3.8) is 0 Å². The van der Waals surface area contributed by atoms with Crippen molar-refractivity contribution in [2.24, 2.45) is 0 Å². The van der Waals surface area contributed by atoms with Gasteiger partial charge < -0.3 is 14.7 Å². The molecule has 2 aromatic rings. The molecule has 3 rings (SSSR count). The van der Waals surface area contributed by atoms with E-state index in [0.29, 0.717) is 25.3 Å². The normalized spacial score (nSPS) is 17.7. The zero-order valence-electron chi connectivity index (χ0n) is 13.4. The number of amides is 1. The fourth-order valence-corrected chi connectivity index (χ4v) is 2.72. The van der Waals surface area contributed by atoms with E-state index in [1.54, 1.807) is 27.9 Å². The van der Waals surface area contributed by atoms with Crippen LogP contribution in [-0.4, -0.2) is 57.5 Å². The molecule has 1 atom stereocenters. The number of carboxylic acid groups (broad SMARTS) is 1. The van der Waals surface area contributed by atoms with Crippen molar-refractivity contribution in [2.45, 2.75) is 19.4 Å². The second kappa shape index (κ2) is 6.84. The van der Waals surface area contributed by atoms with Crippen LogP contribution in [0.5, 0.6) is 0 Å². The fourth-order valence-electron chi connectivity index (χ4n) is 2.72. The first-order valence-corrected chi connectivity index (χ1v) is 7.77. The van der Waals surface area contributed by atoms with Gasteiger partial charge in [-0.1, -0.05) is 0 Å². The van der Waals surface area contributed by atoms with Gasteiger partial charge in [0.05, 0.1) is 31.0 Å². The largest absolute Gasteiger partial charge is 0.481 e. The Hall–Kier alpha value is -2.67. The van der Waals surface area contributed by atoms with Gasteiger partial charge in [0, 0.05) is 24.8 Å². The van der Waals surface area contributed by atoms with E-state index in [0.717, 1.165) is 11.3 Å². The molecule has 0 spiro atoms. The highest BCUT2D eigenvalue weighted by Gasteiger charge is 2.26. The minimum absolute atomic E-state index is 0.0959. The number of aliphatic carboxylic acids is 1. The van der Waals surface area contributed by atoms with E-state index in [1.807, 2.05) is 25.3 Å². The molecular formula is C17H19N3O4. The van der Waals surface area contributed by atoms with E-state index in [4.69, 9.17) is 9.84 Å². The number of aryl methyl sites for hydroxylation is 1. The van der Waals surface area contributed by atoms with Gasteiger partial charge in [-0.2, -0.15) is 5.10 Å². The molecule has 1 fully saturated rings. The van der Waals surface area contributed by atoms with Crippen LogP contribution in [-0.2, 0) is 9.53 Å². The summed E-state index contributed by atoms with van der Waals surface area (Å²) >= 11 is 0. The number of nitrogens with zero attached hydrogens (tertiary/aromatic N) is 3. The molecule has 24 heavy (non-hydrogen) atoms. The average Bonchev–Trinajstić information content (AvgIpc) is 3.00. The third-order valence-electron chi connectivity index (χ3n) is 3.92. The minimum Gasteiger partial charge on any atom is -0.481 e. The number of hydrogen-bond donors (Lipinski definition) is 1. The maximum atomic E-state index is 12.6. The first-order chi connectivity index (χ1) is 11.5. The van der Waals surface area contributed by atoms with Crippen LogP contribution in [0.15, 0.2) is 36.7 Å². The molecule has 1 aromatic carbocycles. The van der Waals surface area contributed by atoms with Gasteiger partial charge in [-0.3, -0.25) is 9.59 Å².